The Labute approximate surface area is 115 Å². The van der Waals surface area contributed by atoms with Gasteiger partial charge in [-0.15, -0.1) is 0 Å². The van der Waals surface area contributed by atoms with Crippen LogP contribution in [0.15, 0.2) is 16.6 Å². The van der Waals surface area contributed by atoms with Crippen molar-refractivity contribution in [2.45, 2.75) is 6.42 Å². The first-order valence-corrected chi connectivity index (χ1v) is 6.24. The Bertz CT molecular complexity index is 429. The van der Waals surface area contributed by atoms with Crippen LogP contribution in [-0.2, 0) is 0 Å². The molecular weight excluding hydrogens is 300 g/mol. The predicted molar refractivity (Wildman–Crippen MR) is 74.5 cm³/mol. The number of aliphatic hydroxyl groups is 1. The number of ether oxygens (including phenoxy) is 3. The van der Waals surface area contributed by atoms with Crippen LogP contribution in [0.2, 0.25) is 0 Å². The van der Waals surface area contributed by atoms with Gasteiger partial charge in [0.05, 0.1) is 25.8 Å². The van der Waals surface area contributed by atoms with Crippen LogP contribution in [-0.4, -0.2) is 33.0 Å². The largest absolute Gasteiger partial charge is 0.493 e. The van der Waals surface area contributed by atoms with Crippen LogP contribution in [0, 0.1) is 0 Å². The van der Waals surface area contributed by atoms with Gasteiger partial charge < -0.3 is 19.3 Å². The normalized spacial score (nSPS) is 10.7. The Morgan fingerprint density at radius 3 is 2.33 bits per heavy atom. The summed E-state index contributed by atoms with van der Waals surface area (Å²) in [4.78, 5) is 0. The van der Waals surface area contributed by atoms with E-state index in [2.05, 4.69) is 15.9 Å². The van der Waals surface area contributed by atoms with E-state index in [0.29, 0.717) is 23.7 Å². The summed E-state index contributed by atoms with van der Waals surface area (Å²) in [6.45, 7) is 0.124. The standard InChI is InChI=1S/C13H17BrO4/c1-16-10-8-9(6-4-5-7-15)11(14)13(18-3)12(10)17-2/h4,6,8,15H,5,7H2,1-3H3. The molecule has 0 radical (unpaired) electrons. The third-order valence-corrected chi connectivity index (χ3v) is 3.21. The van der Waals surface area contributed by atoms with Gasteiger partial charge in [0.15, 0.2) is 11.5 Å². The van der Waals surface area contributed by atoms with Crippen molar-refractivity contribution in [1.29, 1.82) is 0 Å². The fraction of sp³-hybridized carbons (Fsp3) is 0.385. The molecule has 0 unspecified atom stereocenters. The number of benzene rings is 1. The maximum Gasteiger partial charge on any atom is 0.204 e. The minimum absolute atomic E-state index is 0.124. The molecule has 4 nitrogen and oxygen atoms in total. The fourth-order valence-corrected chi connectivity index (χ4v) is 2.13. The Balaban J connectivity index is 3.28. The van der Waals surface area contributed by atoms with Crippen LogP contribution in [0.5, 0.6) is 17.2 Å². The van der Waals surface area contributed by atoms with E-state index in [4.69, 9.17) is 19.3 Å². The molecule has 0 aromatic heterocycles. The second-order valence-corrected chi connectivity index (χ2v) is 4.26. The Kier molecular flexibility index (Phi) is 6.01. The molecular formula is C13H17BrO4. The zero-order valence-electron chi connectivity index (χ0n) is 10.7. The summed E-state index contributed by atoms with van der Waals surface area (Å²) >= 11 is 3.47. The van der Waals surface area contributed by atoms with Crippen LogP contribution < -0.4 is 14.2 Å². The topological polar surface area (TPSA) is 47.9 Å². The molecule has 1 rings (SSSR count). The first-order valence-electron chi connectivity index (χ1n) is 5.45. The van der Waals surface area contributed by atoms with Gasteiger partial charge in [-0.3, -0.25) is 0 Å². The highest BCUT2D eigenvalue weighted by atomic mass is 79.9. The van der Waals surface area contributed by atoms with Crippen molar-refractivity contribution < 1.29 is 19.3 Å². The average molecular weight is 317 g/mol. The van der Waals surface area contributed by atoms with Gasteiger partial charge in [-0.2, -0.15) is 0 Å². The van der Waals surface area contributed by atoms with Gasteiger partial charge in [-0.05, 0) is 34.0 Å². The van der Waals surface area contributed by atoms with Crippen molar-refractivity contribution in [2.24, 2.45) is 0 Å². The van der Waals surface area contributed by atoms with Gasteiger partial charge in [0.1, 0.15) is 0 Å². The molecule has 0 aliphatic carbocycles. The van der Waals surface area contributed by atoms with Crippen LogP contribution in [0.1, 0.15) is 12.0 Å². The van der Waals surface area contributed by atoms with Gasteiger partial charge in [-0.25, -0.2) is 0 Å². The molecule has 0 bridgehead atoms. The van der Waals surface area contributed by atoms with Crippen LogP contribution in [0.4, 0.5) is 0 Å². The smallest absolute Gasteiger partial charge is 0.204 e. The first kappa shape index (κ1) is 14.9. The van der Waals surface area contributed by atoms with E-state index in [1.165, 1.54) is 0 Å². The molecule has 1 aromatic carbocycles. The van der Waals surface area contributed by atoms with E-state index in [0.717, 1.165) is 10.0 Å². The molecule has 0 saturated carbocycles. The quantitative estimate of drug-likeness (QED) is 0.876. The highest BCUT2D eigenvalue weighted by Crippen LogP contribution is 2.45. The van der Waals surface area contributed by atoms with Crippen LogP contribution >= 0.6 is 15.9 Å². The molecule has 0 atom stereocenters. The molecule has 0 aliphatic rings. The lowest BCUT2D eigenvalue weighted by Gasteiger charge is -2.15. The van der Waals surface area contributed by atoms with Crippen molar-refractivity contribution >= 4 is 22.0 Å². The van der Waals surface area contributed by atoms with Crippen molar-refractivity contribution in [3.8, 4) is 17.2 Å². The number of hydrogen-bond acceptors (Lipinski definition) is 4. The molecule has 5 heteroatoms. The van der Waals surface area contributed by atoms with Crippen LogP contribution in [0.25, 0.3) is 6.08 Å². The van der Waals surface area contributed by atoms with Crippen molar-refractivity contribution in [3.05, 3.63) is 22.2 Å². The Hall–Kier alpha value is -1.20. The Morgan fingerprint density at radius 2 is 1.83 bits per heavy atom. The van der Waals surface area contributed by atoms with E-state index in [1.807, 2.05) is 18.2 Å². The summed E-state index contributed by atoms with van der Waals surface area (Å²) in [5.41, 5.74) is 0.901. The van der Waals surface area contributed by atoms with Gasteiger partial charge in [0.25, 0.3) is 0 Å². The summed E-state index contributed by atoms with van der Waals surface area (Å²) in [7, 11) is 4.71. The zero-order chi connectivity index (χ0) is 13.5. The van der Waals surface area contributed by atoms with Crippen molar-refractivity contribution in [1.82, 2.24) is 0 Å². The molecule has 1 aromatic rings. The van der Waals surface area contributed by atoms with Gasteiger partial charge in [-0.1, -0.05) is 12.2 Å². The molecule has 0 spiro atoms. The predicted octanol–water partition coefficient (Wildman–Crippen LogP) is 2.87. The third-order valence-electron chi connectivity index (χ3n) is 2.39. The molecule has 1 N–H and O–H groups in total. The number of halogens is 1. The summed E-state index contributed by atoms with van der Waals surface area (Å²) in [5, 5.41) is 8.76. The maximum absolute atomic E-state index is 8.76. The van der Waals surface area contributed by atoms with E-state index in [9.17, 15) is 0 Å². The lowest BCUT2D eigenvalue weighted by Crippen LogP contribution is -1.97. The fourth-order valence-electron chi connectivity index (χ4n) is 1.55. The zero-order valence-corrected chi connectivity index (χ0v) is 12.3. The highest BCUT2D eigenvalue weighted by Gasteiger charge is 2.17. The maximum atomic E-state index is 8.76. The number of aliphatic hydroxyl groups excluding tert-OH is 1. The Morgan fingerprint density at radius 1 is 1.17 bits per heavy atom. The summed E-state index contributed by atoms with van der Waals surface area (Å²) in [5.74, 6) is 1.73. The minimum atomic E-state index is 0.124. The summed E-state index contributed by atoms with van der Waals surface area (Å²) in [6.07, 6.45) is 4.37. The second-order valence-electron chi connectivity index (χ2n) is 3.46. The molecule has 0 amide bonds. The minimum Gasteiger partial charge on any atom is -0.493 e. The number of rotatable bonds is 6. The number of methoxy groups -OCH3 is 3. The molecule has 18 heavy (non-hydrogen) atoms. The monoisotopic (exact) mass is 316 g/mol. The third kappa shape index (κ3) is 3.17. The van der Waals surface area contributed by atoms with Crippen molar-refractivity contribution in [2.75, 3.05) is 27.9 Å². The van der Waals surface area contributed by atoms with E-state index in [1.54, 1.807) is 21.3 Å². The van der Waals surface area contributed by atoms with Crippen LogP contribution in [0.3, 0.4) is 0 Å². The molecule has 0 aliphatic heterocycles. The van der Waals surface area contributed by atoms with E-state index in [-0.39, 0.29) is 6.61 Å². The molecule has 0 heterocycles. The lowest BCUT2D eigenvalue weighted by molar-refractivity contribution is 0.303. The molecule has 0 saturated heterocycles. The van der Waals surface area contributed by atoms with Gasteiger partial charge >= 0.3 is 0 Å². The van der Waals surface area contributed by atoms with E-state index < -0.39 is 0 Å². The van der Waals surface area contributed by atoms with Crippen molar-refractivity contribution in [3.63, 3.8) is 0 Å². The summed E-state index contributed by atoms with van der Waals surface area (Å²) in [6, 6.07) is 1.85. The first-order chi connectivity index (χ1) is 8.69. The molecule has 0 fully saturated rings. The SMILES string of the molecule is COc1cc(C=CCCO)c(Br)c(OC)c1OC. The van der Waals surface area contributed by atoms with E-state index >= 15 is 0 Å². The van der Waals surface area contributed by atoms with Gasteiger partial charge in [0.2, 0.25) is 5.75 Å². The number of hydrogen-bond donors (Lipinski definition) is 1. The lowest BCUT2D eigenvalue weighted by atomic mass is 10.1. The summed E-state index contributed by atoms with van der Waals surface area (Å²) < 4.78 is 16.7. The van der Waals surface area contributed by atoms with Gasteiger partial charge in [0, 0.05) is 6.61 Å². The second kappa shape index (κ2) is 7.28. The molecule has 100 valence electrons. The average Bonchev–Trinajstić information content (AvgIpc) is 2.39. The highest BCUT2D eigenvalue weighted by molar-refractivity contribution is 9.10.